The molecule has 2 heterocycles. The lowest BCUT2D eigenvalue weighted by atomic mass is 9.80. The summed E-state index contributed by atoms with van der Waals surface area (Å²) in [6, 6.07) is 57.5. The minimum absolute atomic E-state index is 0.300. The summed E-state index contributed by atoms with van der Waals surface area (Å²) < 4.78 is 2.68. The third-order valence-electron chi connectivity index (χ3n) is 13.2. The van der Waals surface area contributed by atoms with E-state index in [1.54, 1.807) is 5.57 Å². The van der Waals surface area contributed by atoms with E-state index in [0.29, 0.717) is 29.8 Å². The topological polar surface area (TPSA) is 8.17 Å². The first-order valence-electron chi connectivity index (χ1n) is 20.7. The summed E-state index contributed by atoms with van der Waals surface area (Å²) in [6.45, 7) is 0. The molecule has 4 aliphatic rings. The summed E-state index contributed by atoms with van der Waals surface area (Å²) >= 11 is 0. The third-order valence-corrected chi connectivity index (χ3v) is 13.2. The van der Waals surface area contributed by atoms with Crippen LogP contribution in [0.5, 0.6) is 0 Å². The largest absolute Gasteiger partial charge is 0.337 e. The van der Waals surface area contributed by atoms with Gasteiger partial charge in [-0.05, 0) is 107 Å². The molecule has 6 aromatic carbocycles. The molecule has 11 rings (SSSR count). The second-order valence-corrected chi connectivity index (χ2v) is 16.3. The van der Waals surface area contributed by atoms with Crippen LogP contribution in [0.4, 0.5) is 5.69 Å². The molecule has 3 aliphatic carbocycles. The van der Waals surface area contributed by atoms with Gasteiger partial charge in [0.2, 0.25) is 0 Å². The van der Waals surface area contributed by atoms with Crippen molar-refractivity contribution in [1.29, 1.82) is 0 Å². The van der Waals surface area contributed by atoms with Crippen molar-refractivity contribution in [2.45, 2.75) is 56.0 Å². The number of aromatic nitrogens is 1. The minimum Gasteiger partial charge on any atom is -0.337 e. The highest BCUT2D eigenvalue weighted by atomic mass is 15.2. The Morgan fingerprint density at radius 3 is 2.09 bits per heavy atom. The van der Waals surface area contributed by atoms with Crippen molar-refractivity contribution in [3.8, 4) is 22.3 Å². The first-order valence-corrected chi connectivity index (χ1v) is 20.7. The smallest absolute Gasteiger partial charge is 0.0626 e. The maximum Gasteiger partial charge on any atom is 0.0626 e. The van der Waals surface area contributed by atoms with Crippen molar-refractivity contribution >= 4 is 27.5 Å². The van der Waals surface area contributed by atoms with E-state index in [2.05, 4.69) is 198 Å². The van der Waals surface area contributed by atoms with Gasteiger partial charge in [0, 0.05) is 51.1 Å². The molecular formula is C54H46N2. The van der Waals surface area contributed by atoms with Crippen molar-refractivity contribution in [2.24, 2.45) is 5.92 Å². The molecule has 0 radical (unpaired) electrons. The Hall–Kier alpha value is -6.12. The average molecular weight is 723 g/mol. The number of nitrogens with zero attached hydrogens (tertiary/aromatic N) is 2. The summed E-state index contributed by atoms with van der Waals surface area (Å²) in [5, 5.41) is 2.73. The standard InChI is InChI=1S/C54H46N2/c1-3-13-37(14-4-1)39-25-29-45(30-26-39)55-51-23-9-7-21-47(51)49-35-43(27-31-53(49)55)40-17-11-18-41(33-40)44-28-32-54-50(36-44)48-22-8-10-24-52(48)56(54)46-20-12-19-42(34-46)38-15-5-2-6-16-38/h1-11,13-18,21-33,36,42-43,46-47,51H,12,19-20,34-35H2. The number of benzene rings is 6. The molecule has 1 fully saturated rings. The van der Waals surface area contributed by atoms with Gasteiger partial charge >= 0.3 is 0 Å². The van der Waals surface area contributed by atoms with Crippen LogP contribution in [0.15, 0.2) is 199 Å². The number of allylic oxidation sites excluding steroid dienone is 4. The Bertz CT molecular complexity index is 2690. The fraction of sp³-hybridized carbons (Fsp3) is 0.185. The van der Waals surface area contributed by atoms with E-state index in [0.717, 1.165) is 6.42 Å². The predicted molar refractivity (Wildman–Crippen MR) is 235 cm³/mol. The highest BCUT2D eigenvalue weighted by Gasteiger charge is 2.40. The van der Waals surface area contributed by atoms with Gasteiger partial charge in [-0.25, -0.2) is 0 Å². The van der Waals surface area contributed by atoms with Crippen molar-refractivity contribution in [3.05, 3.63) is 211 Å². The lowest BCUT2D eigenvalue weighted by Gasteiger charge is -2.31. The lowest BCUT2D eigenvalue weighted by molar-refractivity contribution is 0.331. The van der Waals surface area contributed by atoms with Crippen LogP contribution in [0.3, 0.4) is 0 Å². The van der Waals surface area contributed by atoms with Crippen LogP contribution in [0.1, 0.15) is 61.1 Å². The van der Waals surface area contributed by atoms with Crippen LogP contribution in [0, 0.1) is 5.92 Å². The molecule has 0 spiro atoms. The first-order chi connectivity index (χ1) is 27.8. The van der Waals surface area contributed by atoms with Crippen LogP contribution in [-0.4, -0.2) is 10.6 Å². The molecule has 0 N–H and O–H groups in total. The summed E-state index contributed by atoms with van der Waals surface area (Å²) in [7, 11) is 0. The predicted octanol–water partition coefficient (Wildman–Crippen LogP) is 14.0. The van der Waals surface area contributed by atoms with Crippen molar-refractivity contribution in [1.82, 2.24) is 4.57 Å². The number of hydrogen-bond donors (Lipinski definition) is 0. The Morgan fingerprint density at radius 2 is 1.21 bits per heavy atom. The van der Waals surface area contributed by atoms with E-state index in [1.807, 2.05) is 0 Å². The van der Waals surface area contributed by atoms with Crippen LogP contribution in [-0.2, 0) is 0 Å². The Labute approximate surface area is 330 Å². The van der Waals surface area contributed by atoms with Crippen LogP contribution in [0.2, 0.25) is 0 Å². The molecule has 1 saturated carbocycles. The van der Waals surface area contributed by atoms with Gasteiger partial charge in [-0.1, -0.05) is 158 Å². The second kappa shape index (κ2) is 13.9. The summed E-state index contributed by atoms with van der Waals surface area (Å²) in [6.07, 6.45) is 20.2. The quantitative estimate of drug-likeness (QED) is 0.166. The Morgan fingerprint density at radius 1 is 0.518 bits per heavy atom. The number of para-hydroxylation sites is 1. The molecule has 0 bridgehead atoms. The number of hydrogen-bond acceptors (Lipinski definition) is 1. The van der Waals surface area contributed by atoms with Crippen LogP contribution in [0.25, 0.3) is 44.1 Å². The molecule has 2 heteroatoms. The fourth-order valence-corrected chi connectivity index (χ4v) is 10.5. The summed E-state index contributed by atoms with van der Waals surface area (Å²) in [5.74, 6) is 1.33. The van der Waals surface area contributed by atoms with Gasteiger partial charge in [0.05, 0.1) is 6.04 Å². The van der Waals surface area contributed by atoms with E-state index < -0.39 is 0 Å². The maximum absolute atomic E-state index is 2.68. The van der Waals surface area contributed by atoms with Gasteiger partial charge in [-0.15, -0.1) is 0 Å². The molecular weight excluding hydrogens is 677 g/mol. The number of anilines is 1. The average Bonchev–Trinajstić information content (AvgIpc) is 3.79. The minimum atomic E-state index is 0.300. The van der Waals surface area contributed by atoms with E-state index in [1.165, 1.54) is 92.3 Å². The van der Waals surface area contributed by atoms with Gasteiger partial charge in [0.25, 0.3) is 0 Å². The SMILES string of the molecule is C1=CC2C3=C(C=CC(c4cccc(-c5ccc6c(c5)c5ccccc5n6C5CCCC(c6ccccc6)C5)c4)C3)N(c3ccc(-c4ccccc4)cc3)C2C=C1. The van der Waals surface area contributed by atoms with Crippen LogP contribution < -0.4 is 4.90 Å². The summed E-state index contributed by atoms with van der Waals surface area (Å²) in [5.41, 5.74) is 14.9. The monoisotopic (exact) mass is 722 g/mol. The lowest BCUT2D eigenvalue weighted by Crippen LogP contribution is -2.32. The van der Waals surface area contributed by atoms with Gasteiger partial charge in [0.1, 0.15) is 0 Å². The third kappa shape index (κ3) is 5.70. The van der Waals surface area contributed by atoms with E-state index in [9.17, 15) is 0 Å². The first kappa shape index (κ1) is 33.2. The molecule has 1 aromatic heterocycles. The Balaban J connectivity index is 0.894. The van der Waals surface area contributed by atoms with Gasteiger partial charge < -0.3 is 9.47 Å². The fourth-order valence-electron chi connectivity index (χ4n) is 10.5. The second-order valence-electron chi connectivity index (χ2n) is 16.3. The normalized spacial score (nSPS) is 22.9. The Kier molecular flexibility index (Phi) is 8.23. The molecule has 0 amide bonds. The molecule has 272 valence electrons. The zero-order chi connectivity index (χ0) is 37.0. The molecule has 7 aromatic rings. The highest BCUT2D eigenvalue weighted by molar-refractivity contribution is 6.09. The molecule has 5 atom stereocenters. The van der Waals surface area contributed by atoms with Crippen molar-refractivity contribution in [3.63, 3.8) is 0 Å². The zero-order valence-electron chi connectivity index (χ0n) is 31.7. The van der Waals surface area contributed by atoms with E-state index >= 15 is 0 Å². The molecule has 2 nitrogen and oxygen atoms in total. The molecule has 1 aliphatic heterocycles. The van der Waals surface area contributed by atoms with Gasteiger partial charge in [0.15, 0.2) is 0 Å². The maximum atomic E-state index is 2.68. The van der Waals surface area contributed by atoms with Crippen molar-refractivity contribution < 1.29 is 0 Å². The molecule has 56 heavy (non-hydrogen) atoms. The van der Waals surface area contributed by atoms with E-state index in [4.69, 9.17) is 0 Å². The number of fused-ring (bicyclic) bond motifs is 5. The molecule has 5 unspecified atom stereocenters. The van der Waals surface area contributed by atoms with Gasteiger partial charge in [-0.2, -0.15) is 0 Å². The zero-order valence-corrected chi connectivity index (χ0v) is 31.7. The van der Waals surface area contributed by atoms with Crippen LogP contribution >= 0.6 is 0 Å². The summed E-state index contributed by atoms with van der Waals surface area (Å²) in [4.78, 5) is 2.57. The molecule has 0 saturated heterocycles. The van der Waals surface area contributed by atoms with E-state index in [-0.39, 0.29) is 0 Å². The van der Waals surface area contributed by atoms with Crippen molar-refractivity contribution in [2.75, 3.05) is 4.90 Å². The highest BCUT2D eigenvalue weighted by Crippen LogP contribution is 2.48. The van der Waals surface area contributed by atoms with Gasteiger partial charge in [-0.3, -0.25) is 0 Å². The number of rotatable bonds is 6.